The van der Waals surface area contributed by atoms with Gasteiger partial charge in [-0.3, -0.25) is 4.90 Å². The van der Waals surface area contributed by atoms with Crippen LogP contribution in [0.5, 0.6) is 5.75 Å². The molecular weight excluding hydrogens is 429 g/mol. The number of nitrogens with zero attached hydrogens (tertiary/aromatic N) is 3. The molecule has 2 aliphatic heterocycles. The van der Waals surface area contributed by atoms with Crippen molar-refractivity contribution < 1.29 is 32.6 Å². The fourth-order valence-corrected chi connectivity index (χ4v) is 4.50. The Bertz CT molecular complexity index is 1190. The normalized spacial score (nSPS) is 16.6. The maximum absolute atomic E-state index is 14.1. The summed E-state index contributed by atoms with van der Waals surface area (Å²) in [6.45, 7) is 1.74. The first-order valence-corrected chi connectivity index (χ1v) is 11.3. The third-order valence-electron chi connectivity index (χ3n) is 5.20. The molecule has 2 aliphatic rings. The van der Waals surface area contributed by atoms with Crippen LogP contribution >= 0.6 is 0 Å². The summed E-state index contributed by atoms with van der Waals surface area (Å²) in [6.07, 6.45) is 0.653. The Morgan fingerprint density at radius 2 is 1.94 bits per heavy atom. The molecule has 0 saturated carbocycles. The van der Waals surface area contributed by atoms with Gasteiger partial charge in [-0.05, 0) is 17.7 Å². The number of fused-ring (bicyclic) bond motifs is 1. The van der Waals surface area contributed by atoms with Crippen LogP contribution in [-0.2, 0) is 21.1 Å². The molecule has 164 valence electrons. The largest absolute Gasteiger partial charge is 0.504 e. The number of phenolic OH excluding ortho intramolecular Hbond substituents is 1. The summed E-state index contributed by atoms with van der Waals surface area (Å²) in [5.41, 5.74) is 0.781. The van der Waals surface area contributed by atoms with E-state index in [1.54, 1.807) is 6.07 Å². The highest BCUT2D eigenvalue weighted by molar-refractivity contribution is 8.00. The van der Waals surface area contributed by atoms with Gasteiger partial charge >= 0.3 is 6.09 Å². The first-order chi connectivity index (χ1) is 14.7. The SMILES string of the molecule is CS(=O)(=O)C1=CN(C(=O)O)Cc2c(-c3cccc(F)c3O)cc(N3CCOCC3)nc21. The number of aromatic hydroxyl groups is 1. The number of carboxylic acid groups (broad SMARTS) is 1. The lowest BCUT2D eigenvalue weighted by molar-refractivity contribution is 0.122. The Kier molecular flexibility index (Phi) is 5.31. The number of rotatable bonds is 3. The molecule has 0 bridgehead atoms. The molecule has 1 aromatic carbocycles. The van der Waals surface area contributed by atoms with E-state index in [0.717, 1.165) is 23.4 Å². The maximum atomic E-state index is 14.1. The third kappa shape index (κ3) is 3.93. The van der Waals surface area contributed by atoms with Crippen molar-refractivity contribution in [3.05, 3.63) is 47.5 Å². The van der Waals surface area contributed by atoms with Crippen LogP contribution in [0.4, 0.5) is 15.0 Å². The van der Waals surface area contributed by atoms with Crippen molar-refractivity contribution in [2.45, 2.75) is 6.54 Å². The van der Waals surface area contributed by atoms with Crippen molar-refractivity contribution in [1.82, 2.24) is 9.88 Å². The lowest BCUT2D eigenvalue weighted by Gasteiger charge is -2.31. The van der Waals surface area contributed by atoms with Crippen LogP contribution in [0.25, 0.3) is 16.0 Å². The molecular formula is C20H20FN3O6S. The highest BCUT2D eigenvalue weighted by atomic mass is 32.2. The summed E-state index contributed by atoms with van der Waals surface area (Å²) in [5, 5.41) is 19.9. The Hall–Kier alpha value is -3.18. The monoisotopic (exact) mass is 449 g/mol. The first kappa shape index (κ1) is 21.1. The lowest BCUT2D eigenvalue weighted by Crippen LogP contribution is -2.37. The van der Waals surface area contributed by atoms with Gasteiger partial charge in [0.25, 0.3) is 0 Å². The van der Waals surface area contributed by atoms with Crippen molar-refractivity contribution in [1.29, 1.82) is 0 Å². The maximum Gasteiger partial charge on any atom is 0.411 e. The summed E-state index contributed by atoms with van der Waals surface area (Å²) in [5.74, 6) is -1.03. The van der Waals surface area contributed by atoms with Crippen LogP contribution in [0.3, 0.4) is 0 Å². The number of pyridine rings is 1. The number of carbonyl (C=O) groups is 1. The van der Waals surface area contributed by atoms with Crippen LogP contribution in [-0.4, -0.2) is 67.2 Å². The summed E-state index contributed by atoms with van der Waals surface area (Å²) >= 11 is 0. The number of sulfone groups is 1. The van der Waals surface area contributed by atoms with E-state index in [2.05, 4.69) is 4.98 Å². The molecule has 2 N–H and O–H groups in total. The number of halogens is 1. The molecule has 4 rings (SSSR count). The Morgan fingerprint density at radius 1 is 1.23 bits per heavy atom. The van der Waals surface area contributed by atoms with E-state index in [4.69, 9.17) is 4.74 Å². The van der Waals surface area contributed by atoms with Crippen LogP contribution in [0.15, 0.2) is 30.5 Å². The number of benzene rings is 1. The van der Waals surface area contributed by atoms with E-state index in [-0.39, 0.29) is 28.3 Å². The average Bonchev–Trinajstić information content (AvgIpc) is 2.74. The predicted octanol–water partition coefficient (Wildman–Crippen LogP) is 2.27. The fraction of sp³-hybridized carbons (Fsp3) is 0.300. The van der Waals surface area contributed by atoms with E-state index in [1.165, 1.54) is 12.1 Å². The van der Waals surface area contributed by atoms with Gasteiger partial charge in [-0.1, -0.05) is 12.1 Å². The Balaban J connectivity index is 2.02. The third-order valence-corrected chi connectivity index (χ3v) is 6.30. The van der Waals surface area contributed by atoms with Crippen molar-refractivity contribution in [3.8, 4) is 16.9 Å². The van der Waals surface area contributed by atoms with Gasteiger partial charge in [-0.25, -0.2) is 22.6 Å². The van der Waals surface area contributed by atoms with Gasteiger partial charge in [0.1, 0.15) is 10.7 Å². The molecule has 1 fully saturated rings. The van der Waals surface area contributed by atoms with Gasteiger partial charge in [-0.15, -0.1) is 0 Å². The van der Waals surface area contributed by atoms with Gasteiger partial charge in [0.2, 0.25) is 0 Å². The average molecular weight is 449 g/mol. The number of phenols is 1. The van der Waals surface area contributed by atoms with Crippen LogP contribution < -0.4 is 4.90 Å². The number of para-hydroxylation sites is 1. The molecule has 0 spiro atoms. The van der Waals surface area contributed by atoms with Crippen molar-refractivity contribution in [2.24, 2.45) is 0 Å². The molecule has 0 atom stereocenters. The minimum absolute atomic E-state index is 0.0858. The minimum atomic E-state index is -3.86. The highest BCUT2D eigenvalue weighted by Gasteiger charge is 2.32. The minimum Gasteiger partial charge on any atom is -0.504 e. The molecule has 2 aromatic rings. The number of ether oxygens (including phenoxy) is 1. The van der Waals surface area contributed by atoms with Gasteiger partial charge < -0.3 is 19.8 Å². The standard InChI is InChI=1S/C20H20FN3O6S/c1-31(28,29)16-11-24(20(26)27)10-14-13(12-3-2-4-15(21)19(12)25)9-17(22-18(14)16)23-5-7-30-8-6-23/h2-4,9,11,25H,5-8,10H2,1H3,(H,26,27). The zero-order chi connectivity index (χ0) is 22.3. The number of aromatic nitrogens is 1. The molecule has 31 heavy (non-hydrogen) atoms. The van der Waals surface area contributed by atoms with E-state index < -0.39 is 27.5 Å². The molecule has 0 radical (unpaired) electrons. The van der Waals surface area contributed by atoms with Gasteiger partial charge in [0, 0.05) is 36.7 Å². The highest BCUT2D eigenvalue weighted by Crippen LogP contribution is 2.41. The topological polar surface area (TPSA) is 120 Å². The lowest BCUT2D eigenvalue weighted by atomic mass is 9.95. The number of amides is 1. The smallest absolute Gasteiger partial charge is 0.411 e. The summed E-state index contributed by atoms with van der Waals surface area (Å²) in [4.78, 5) is 18.7. The molecule has 1 amide bonds. The zero-order valence-electron chi connectivity index (χ0n) is 16.6. The van der Waals surface area contributed by atoms with Crippen LogP contribution in [0, 0.1) is 5.82 Å². The Morgan fingerprint density at radius 3 is 2.58 bits per heavy atom. The second kappa shape index (κ2) is 7.82. The molecule has 9 nitrogen and oxygen atoms in total. The number of anilines is 1. The number of hydrogen-bond donors (Lipinski definition) is 2. The first-order valence-electron chi connectivity index (χ1n) is 9.43. The number of hydrogen-bond acceptors (Lipinski definition) is 7. The summed E-state index contributed by atoms with van der Waals surface area (Å²) in [7, 11) is -3.86. The molecule has 1 saturated heterocycles. The summed E-state index contributed by atoms with van der Waals surface area (Å²) in [6, 6.07) is 5.61. The van der Waals surface area contributed by atoms with Crippen LogP contribution in [0.1, 0.15) is 11.3 Å². The van der Waals surface area contributed by atoms with Gasteiger partial charge in [-0.2, -0.15) is 0 Å². The zero-order valence-corrected chi connectivity index (χ0v) is 17.4. The predicted molar refractivity (Wildman–Crippen MR) is 111 cm³/mol. The fourth-order valence-electron chi connectivity index (χ4n) is 3.66. The quantitative estimate of drug-likeness (QED) is 0.732. The van der Waals surface area contributed by atoms with Crippen LogP contribution in [0.2, 0.25) is 0 Å². The Labute approximate surface area is 177 Å². The van der Waals surface area contributed by atoms with E-state index in [1.807, 2.05) is 4.90 Å². The van der Waals surface area contributed by atoms with Crippen molar-refractivity contribution >= 4 is 26.7 Å². The van der Waals surface area contributed by atoms with E-state index in [0.29, 0.717) is 37.7 Å². The molecule has 11 heteroatoms. The molecule has 3 heterocycles. The van der Waals surface area contributed by atoms with Crippen molar-refractivity contribution in [2.75, 3.05) is 37.5 Å². The molecule has 0 aliphatic carbocycles. The van der Waals surface area contributed by atoms with E-state index >= 15 is 0 Å². The van der Waals surface area contributed by atoms with Crippen molar-refractivity contribution in [3.63, 3.8) is 0 Å². The summed E-state index contributed by atoms with van der Waals surface area (Å²) < 4.78 is 44.5. The van der Waals surface area contributed by atoms with E-state index in [9.17, 15) is 27.8 Å². The van der Waals surface area contributed by atoms with Gasteiger partial charge in [0.05, 0.1) is 25.5 Å². The van der Waals surface area contributed by atoms with Gasteiger partial charge in [0.15, 0.2) is 21.4 Å². The second-order valence-corrected chi connectivity index (χ2v) is 9.25. The molecule has 0 unspecified atom stereocenters. The molecule has 1 aromatic heterocycles. The second-order valence-electron chi connectivity index (χ2n) is 7.27. The number of morpholine rings is 1.